The number of likely N-dealkylation sites (tertiary alicyclic amines) is 1. The summed E-state index contributed by atoms with van der Waals surface area (Å²) in [4.78, 5) is 27.7. The van der Waals surface area contributed by atoms with E-state index in [1.807, 2.05) is 60.7 Å². The molecule has 38 heavy (non-hydrogen) atoms. The summed E-state index contributed by atoms with van der Waals surface area (Å²) in [5.41, 5.74) is 8.19. The Balaban J connectivity index is 1.46. The number of halogens is 1. The zero-order valence-corrected chi connectivity index (χ0v) is 23.2. The van der Waals surface area contributed by atoms with Gasteiger partial charge in [-0.2, -0.15) is 0 Å². The van der Waals surface area contributed by atoms with Crippen LogP contribution in [-0.2, 0) is 20.7 Å². The number of carbonyl (C=O) groups excluding carboxylic acids is 2. The molecule has 1 aliphatic heterocycles. The van der Waals surface area contributed by atoms with Gasteiger partial charge in [0, 0.05) is 12.1 Å². The summed E-state index contributed by atoms with van der Waals surface area (Å²) >= 11 is 3.61. The van der Waals surface area contributed by atoms with E-state index in [2.05, 4.69) is 28.1 Å². The number of hydrogen-bond donors (Lipinski definition) is 2. The number of methoxy groups -OCH3 is 1. The molecule has 0 aromatic heterocycles. The second-order valence-corrected chi connectivity index (χ2v) is 10.6. The molecule has 0 spiro atoms. The van der Waals surface area contributed by atoms with Gasteiger partial charge in [0.2, 0.25) is 5.91 Å². The third-order valence-corrected chi connectivity index (χ3v) is 7.67. The summed E-state index contributed by atoms with van der Waals surface area (Å²) in [6, 6.07) is 23.2. The van der Waals surface area contributed by atoms with Crippen molar-refractivity contribution < 1.29 is 19.1 Å². The van der Waals surface area contributed by atoms with Crippen molar-refractivity contribution in [3.63, 3.8) is 0 Å². The van der Waals surface area contributed by atoms with Gasteiger partial charge in [0.1, 0.15) is 23.6 Å². The highest BCUT2D eigenvalue weighted by Crippen LogP contribution is 2.38. The van der Waals surface area contributed by atoms with Gasteiger partial charge >= 0.3 is 5.97 Å². The van der Waals surface area contributed by atoms with Crippen LogP contribution in [0.25, 0.3) is 11.1 Å². The van der Waals surface area contributed by atoms with Crippen molar-refractivity contribution in [1.82, 2.24) is 4.90 Å². The van der Waals surface area contributed by atoms with Crippen LogP contribution in [0.5, 0.6) is 5.75 Å². The largest absolute Gasteiger partial charge is 0.490 e. The number of nitrogens with zero attached hydrogens (tertiary/aromatic N) is 1. The molecule has 1 amide bonds. The molecule has 0 radical (unpaired) electrons. The van der Waals surface area contributed by atoms with Crippen molar-refractivity contribution in [2.24, 2.45) is 11.1 Å². The van der Waals surface area contributed by atoms with Crippen molar-refractivity contribution in [1.29, 1.82) is 5.41 Å². The van der Waals surface area contributed by atoms with Gasteiger partial charge < -0.3 is 20.1 Å². The summed E-state index contributed by atoms with van der Waals surface area (Å²) in [7, 11) is 1.32. The number of nitrogens with one attached hydrogen (secondary N) is 1. The van der Waals surface area contributed by atoms with Crippen molar-refractivity contribution in [2.45, 2.75) is 32.2 Å². The van der Waals surface area contributed by atoms with E-state index >= 15 is 0 Å². The molecule has 1 heterocycles. The van der Waals surface area contributed by atoms with Gasteiger partial charge in [0.05, 0.1) is 17.6 Å². The van der Waals surface area contributed by atoms with Crippen LogP contribution in [0.4, 0.5) is 0 Å². The number of aryl methyl sites for hydroxylation is 1. The van der Waals surface area contributed by atoms with Gasteiger partial charge in [-0.15, -0.1) is 0 Å². The molecule has 0 saturated carbocycles. The Labute approximate surface area is 231 Å². The standard InChI is InChI=1S/C30H32BrN3O4/c1-30(29(36)37-2)18-24(34(28(30)35)16-6-9-20-7-4-3-5-8-20)19-38-26-15-14-23(17-25(26)31)21-10-12-22(13-11-21)27(32)33/h3-5,7-8,10-15,17,24H,6,9,16,18-19H2,1-2H3,(H3,32,33)/t24-,30-/m0/s1. The number of carbonyl (C=O) groups is 2. The third-order valence-electron chi connectivity index (χ3n) is 7.05. The number of hydrogen-bond acceptors (Lipinski definition) is 5. The molecule has 7 nitrogen and oxygen atoms in total. The number of amides is 1. The molecule has 1 aliphatic rings. The van der Waals surface area contributed by atoms with Crippen LogP contribution in [0, 0.1) is 10.8 Å². The molecule has 0 bridgehead atoms. The highest BCUT2D eigenvalue weighted by atomic mass is 79.9. The first-order valence-electron chi connectivity index (χ1n) is 12.5. The van der Waals surface area contributed by atoms with E-state index in [0.717, 1.165) is 28.4 Å². The highest BCUT2D eigenvalue weighted by Gasteiger charge is 2.54. The Morgan fingerprint density at radius 2 is 1.79 bits per heavy atom. The number of nitrogen functional groups attached to an aromatic ring is 1. The fraction of sp³-hybridized carbons (Fsp3) is 0.300. The minimum Gasteiger partial charge on any atom is -0.490 e. The molecule has 0 aliphatic carbocycles. The van der Waals surface area contributed by atoms with E-state index in [-0.39, 0.29) is 24.4 Å². The Morgan fingerprint density at radius 3 is 2.42 bits per heavy atom. The maximum atomic E-state index is 13.4. The van der Waals surface area contributed by atoms with Gasteiger partial charge in [0.25, 0.3) is 0 Å². The minimum absolute atomic E-state index is 0.0317. The van der Waals surface area contributed by atoms with Gasteiger partial charge in [-0.25, -0.2) is 0 Å². The normalized spacial score (nSPS) is 18.9. The third kappa shape index (κ3) is 5.91. The fourth-order valence-corrected chi connectivity index (χ4v) is 5.40. The Hall–Kier alpha value is -3.65. The molecule has 1 fully saturated rings. The van der Waals surface area contributed by atoms with Crippen molar-refractivity contribution >= 4 is 33.6 Å². The first-order chi connectivity index (χ1) is 18.2. The lowest BCUT2D eigenvalue weighted by molar-refractivity contribution is -0.157. The fourth-order valence-electron chi connectivity index (χ4n) is 4.90. The highest BCUT2D eigenvalue weighted by molar-refractivity contribution is 9.10. The topological polar surface area (TPSA) is 106 Å². The van der Waals surface area contributed by atoms with E-state index in [0.29, 0.717) is 24.3 Å². The first-order valence-corrected chi connectivity index (χ1v) is 13.3. The summed E-state index contributed by atoms with van der Waals surface area (Å²) in [5.74, 6) is -0.0458. The number of rotatable bonds is 10. The molecular formula is C30H32BrN3O4. The molecule has 198 valence electrons. The van der Waals surface area contributed by atoms with Crippen LogP contribution in [-0.4, -0.2) is 48.9 Å². The Bertz CT molecular complexity index is 1310. The zero-order chi connectivity index (χ0) is 27.3. The minimum atomic E-state index is -1.22. The SMILES string of the molecule is COC(=O)[C@@]1(C)C[C@@H](COc2ccc(-c3ccc(C(=N)N)cc3)cc2Br)N(CCCc2ccccc2)C1=O. The zero-order valence-electron chi connectivity index (χ0n) is 21.6. The van der Waals surface area contributed by atoms with Gasteiger partial charge in [-0.05, 0) is 70.9 Å². The lowest BCUT2D eigenvalue weighted by Gasteiger charge is -2.25. The van der Waals surface area contributed by atoms with Crippen molar-refractivity contribution in [2.75, 3.05) is 20.3 Å². The predicted octanol–water partition coefficient (Wildman–Crippen LogP) is 5.19. The predicted molar refractivity (Wildman–Crippen MR) is 151 cm³/mol. The van der Waals surface area contributed by atoms with Crippen LogP contribution in [0.1, 0.15) is 30.9 Å². The molecule has 3 aromatic rings. The molecule has 8 heteroatoms. The van der Waals surface area contributed by atoms with E-state index in [1.165, 1.54) is 12.7 Å². The molecule has 3 aromatic carbocycles. The van der Waals surface area contributed by atoms with Gasteiger partial charge in [-0.3, -0.25) is 15.0 Å². The molecular weight excluding hydrogens is 546 g/mol. The number of nitrogens with two attached hydrogens (primary N) is 1. The van der Waals surface area contributed by atoms with Crippen LogP contribution in [0.3, 0.4) is 0 Å². The number of benzene rings is 3. The van der Waals surface area contributed by atoms with Crippen LogP contribution >= 0.6 is 15.9 Å². The molecule has 1 saturated heterocycles. The van der Waals surface area contributed by atoms with Crippen LogP contribution in [0.2, 0.25) is 0 Å². The number of esters is 1. The second-order valence-electron chi connectivity index (χ2n) is 9.72. The molecule has 3 N–H and O–H groups in total. The molecule has 0 unspecified atom stereocenters. The quantitative estimate of drug-likeness (QED) is 0.149. The maximum absolute atomic E-state index is 13.4. The lowest BCUT2D eigenvalue weighted by Crippen LogP contribution is -2.41. The van der Waals surface area contributed by atoms with Crippen molar-refractivity contribution in [3.8, 4) is 16.9 Å². The van der Waals surface area contributed by atoms with Crippen molar-refractivity contribution in [3.05, 3.63) is 88.4 Å². The Kier molecular flexibility index (Phi) is 8.52. The summed E-state index contributed by atoms with van der Waals surface area (Å²) < 4.78 is 11.9. The smallest absolute Gasteiger partial charge is 0.321 e. The molecule has 2 atom stereocenters. The summed E-state index contributed by atoms with van der Waals surface area (Å²) in [6.45, 7) is 2.45. The van der Waals surface area contributed by atoms with Crippen LogP contribution in [0.15, 0.2) is 77.3 Å². The van der Waals surface area contributed by atoms with Gasteiger partial charge in [0.15, 0.2) is 0 Å². The Morgan fingerprint density at radius 1 is 1.11 bits per heavy atom. The maximum Gasteiger partial charge on any atom is 0.321 e. The van der Waals surface area contributed by atoms with E-state index in [9.17, 15) is 9.59 Å². The number of ether oxygens (including phenoxy) is 2. The monoisotopic (exact) mass is 577 g/mol. The lowest BCUT2D eigenvalue weighted by atomic mass is 9.87. The average Bonchev–Trinajstić information content (AvgIpc) is 3.18. The first kappa shape index (κ1) is 27.4. The van der Waals surface area contributed by atoms with Gasteiger partial charge in [-0.1, -0.05) is 60.7 Å². The van der Waals surface area contributed by atoms with E-state index in [4.69, 9.17) is 20.6 Å². The van der Waals surface area contributed by atoms with E-state index < -0.39 is 11.4 Å². The summed E-state index contributed by atoms with van der Waals surface area (Å²) in [6.07, 6.45) is 1.96. The van der Waals surface area contributed by atoms with Crippen LogP contribution < -0.4 is 10.5 Å². The molecule has 4 rings (SSSR count). The second kappa shape index (κ2) is 11.8. The summed E-state index contributed by atoms with van der Waals surface area (Å²) in [5, 5.41) is 7.56. The number of amidine groups is 1. The van der Waals surface area contributed by atoms with E-state index in [1.54, 1.807) is 11.8 Å². The average molecular weight is 579 g/mol.